The third-order valence-corrected chi connectivity index (χ3v) is 7.70. The highest BCUT2D eigenvalue weighted by Gasteiger charge is 2.25. The van der Waals surface area contributed by atoms with Crippen molar-refractivity contribution in [2.45, 2.75) is 58.6 Å². The number of amides is 2. The molecule has 7 heteroatoms. The molecular formula is C31H38N4O3. The molecule has 0 aliphatic carbocycles. The molecule has 1 aromatic heterocycles. The van der Waals surface area contributed by atoms with Gasteiger partial charge in [0.15, 0.2) is 0 Å². The van der Waals surface area contributed by atoms with Crippen molar-refractivity contribution in [2.24, 2.45) is 0 Å². The molecule has 5 rings (SSSR count). The molecule has 2 amide bonds. The van der Waals surface area contributed by atoms with E-state index in [1.54, 1.807) is 0 Å². The quantitative estimate of drug-likeness (QED) is 0.480. The third kappa shape index (κ3) is 5.99. The van der Waals surface area contributed by atoms with Crippen molar-refractivity contribution in [3.8, 4) is 0 Å². The number of pyridine rings is 1. The molecule has 0 radical (unpaired) electrons. The van der Waals surface area contributed by atoms with E-state index in [1.165, 1.54) is 0 Å². The fraction of sp³-hybridized carbons (Fsp3) is 0.452. The van der Waals surface area contributed by atoms with Gasteiger partial charge in [-0.2, -0.15) is 0 Å². The maximum absolute atomic E-state index is 13.8. The van der Waals surface area contributed by atoms with Crippen molar-refractivity contribution in [3.05, 3.63) is 70.8 Å². The van der Waals surface area contributed by atoms with Gasteiger partial charge >= 0.3 is 0 Å². The van der Waals surface area contributed by atoms with Crippen LogP contribution >= 0.6 is 0 Å². The fourth-order valence-electron chi connectivity index (χ4n) is 5.58. The van der Waals surface area contributed by atoms with Gasteiger partial charge in [0.2, 0.25) is 5.91 Å². The van der Waals surface area contributed by atoms with Gasteiger partial charge in [0.25, 0.3) is 5.91 Å². The van der Waals surface area contributed by atoms with Gasteiger partial charge in [0.1, 0.15) is 5.82 Å². The first-order valence-corrected chi connectivity index (χ1v) is 13.8. The zero-order valence-corrected chi connectivity index (χ0v) is 22.5. The Hall–Kier alpha value is -3.45. The second kappa shape index (κ2) is 11.5. The highest BCUT2D eigenvalue weighted by atomic mass is 16.3. The highest BCUT2D eigenvalue weighted by molar-refractivity contribution is 5.94. The summed E-state index contributed by atoms with van der Waals surface area (Å²) >= 11 is 0. The number of β-amino-alcohol motifs (C(OH)–C–C–N with tert-alkyl or cyclic N) is 1. The Kier molecular flexibility index (Phi) is 7.93. The van der Waals surface area contributed by atoms with E-state index in [0.29, 0.717) is 38.2 Å². The Morgan fingerprint density at radius 3 is 2.58 bits per heavy atom. The van der Waals surface area contributed by atoms with E-state index in [4.69, 9.17) is 4.98 Å². The van der Waals surface area contributed by atoms with Crippen LogP contribution in [0, 0.1) is 13.8 Å². The number of rotatable bonds is 8. The molecule has 1 N–H and O–H groups in total. The summed E-state index contributed by atoms with van der Waals surface area (Å²) in [5.41, 5.74) is 4.82. The summed E-state index contributed by atoms with van der Waals surface area (Å²) in [7, 11) is 0. The summed E-state index contributed by atoms with van der Waals surface area (Å²) in [6.07, 6.45) is 3.59. The molecular weight excluding hydrogens is 476 g/mol. The molecule has 1 atom stereocenters. The first kappa shape index (κ1) is 26.2. The number of nitrogens with zero attached hydrogens (tertiary/aromatic N) is 4. The first-order valence-electron chi connectivity index (χ1n) is 13.8. The Balaban J connectivity index is 1.46. The van der Waals surface area contributed by atoms with Crippen LogP contribution in [0.15, 0.2) is 48.5 Å². The molecule has 3 heterocycles. The van der Waals surface area contributed by atoms with Crippen molar-refractivity contribution in [2.75, 3.05) is 37.6 Å². The average Bonchev–Trinajstić information content (AvgIpc) is 3.32. The van der Waals surface area contributed by atoms with Crippen molar-refractivity contribution in [1.29, 1.82) is 0 Å². The summed E-state index contributed by atoms with van der Waals surface area (Å²) in [4.78, 5) is 36.9. The summed E-state index contributed by atoms with van der Waals surface area (Å²) in [6.45, 7) is 7.88. The van der Waals surface area contributed by atoms with Crippen molar-refractivity contribution < 1.29 is 14.7 Å². The van der Waals surface area contributed by atoms with Crippen LogP contribution in [-0.2, 0) is 11.3 Å². The number of fused-ring (bicyclic) bond motifs is 1. The number of aromatic nitrogens is 1. The van der Waals surface area contributed by atoms with Crippen LogP contribution in [-0.4, -0.2) is 70.5 Å². The summed E-state index contributed by atoms with van der Waals surface area (Å²) < 4.78 is 0. The van der Waals surface area contributed by atoms with Gasteiger partial charge in [-0.25, -0.2) is 4.98 Å². The molecule has 0 unspecified atom stereocenters. The van der Waals surface area contributed by atoms with E-state index in [0.717, 1.165) is 72.2 Å². The topological polar surface area (TPSA) is 77.0 Å². The molecule has 2 aromatic carbocycles. The highest BCUT2D eigenvalue weighted by Crippen LogP contribution is 2.29. The van der Waals surface area contributed by atoms with Crippen LogP contribution < -0.4 is 4.90 Å². The van der Waals surface area contributed by atoms with E-state index in [1.807, 2.05) is 41.0 Å². The second-order valence-corrected chi connectivity index (χ2v) is 10.8. The number of benzene rings is 2. The van der Waals surface area contributed by atoms with Gasteiger partial charge in [-0.1, -0.05) is 29.8 Å². The number of carbonyl (C=O) groups excluding carboxylic acids is 2. The van der Waals surface area contributed by atoms with Crippen LogP contribution in [0.25, 0.3) is 10.9 Å². The SMILES string of the molecule is Cc1ccc(C(=O)N(CCCN2CCCC2=O)Cc2cc3ccc(C)cc3nc2N2CCC[C@@H](O)C2)cc1. The van der Waals surface area contributed by atoms with Crippen LogP contribution in [0.5, 0.6) is 0 Å². The van der Waals surface area contributed by atoms with Crippen LogP contribution in [0.1, 0.15) is 59.2 Å². The van der Waals surface area contributed by atoms with E-state index < -0.39 is 0 Å². The number of hydrogen-bond acceptors (Lipinski definition) is 5. The lowest BCUT2D eigenvalue weighted by molar-refractivity contribution is -0.127. The average molecular weight is 515 g/mol. The van der Waals surface area contributed by atoms with Gasteiger partial charge in [-0.05, 0) is 69.4 Å². The van der Waals surface area contributed by atoms with E-state index in [9.17, 15) is 14.7 Å². The molecule has 200 valence electrons. The lowest BCUT2D eigenvalue weighted by Gasteiger charge is -2.34. The minimum Gasteiger partial charge on any atom is -0.391 e. The number of aliphatic hydroxyl groups is 1. The fourth-order valence-corrected chi connectivity index (χ4v) is 5.58. The number of aryl methyl sites for hydroxylation is 2. The molecule has 3 aromatic rings. The van der Waals surface area contributed by atoms with Gasteiger partial charge in [0, 0.05) is 62.2 Å². The third-order valence-electron chi connectivity index (χ3n) is 7.70. The molecule has 2 aliphatic heterocycles. The predicted octanol–water partition coefficient (Wildman–Crippen LogP) is 4.47. The van der Waals surface area contributed by atoms with Gasteiger partial charge < -0.3 is 19.8 Å². The smallest absolute Gasteiger partial charge is 0.254 e. The number of piperidine rings is 1. The standard InChI is InChI=1S/C31H38N4O3/c1-22-8-11-24(12-9-22)31(38)35(17-5-16-33-14-4-7-29(33)37)20-26-19-25-13-10-23(2)18-28(25)32-30(26)34-15-3-6-27(36)21-34/h8-13,18-19,27,36H,3-7,14-17,20-21H2,1-2H3/t27-/m1/s1. The molecule has 2 aliphatic rings. The second-order valence-electron chi connectivity index (χ2n) is 10.8. The Bertz CT molecular complexity index is 1310. The summed E-state index contributed by atoms with van der Waals surface area (Å²) in [5.74, 6) is 1.03. The van der Waals surface area contributed by atoms with Crippen molar-refractivity contribution in [1.82, 2.24) is 14.8 Å². The van der Waals surface area contributed by atoms with Crippen LogP contribution in [0.4, 0.5) is 5.82 Å². The van der Waals surface area contributed by atoms with Gasteiger partial charge in [-0.3, -0.25) is 9.59 Å². The van der Waals surface area contributed by atoms with Gasteiger partial charge in [-0.15, -0.1) is 0 Å². The molecule has 7 nitrogen and oxygen atoms in total. The van der Waals surface area contributed by atoms with E-state index >= 15 is 0 Å². The minimum atomic E-state index is -0.380. The normalized spacial score (nSPS) is 17.9. The first-order chi connectivity index (χ1) is 18.4. The Morgan fingerprint density at radius 2 is 1.84 bits per heavy atom. The lowest BCUT2D eigenvalue weighted by Crippen LogP contribution is -2.40. The molecule has 2 saturated heterocycles. The zero-order valence-electron chi connectivity index (χ0n) is 22.5. The van der Waals surface area contributed by atoms with Crippen LogP contribution in [0.3, 0.4) is 0 Å². The van der Waals surface area contributed by atoms with E-state index in [2.05, 4.69) is 36.1 Å². The molecule has 0 saturated carbocycles. The Morgan fingerprint density at radius 1 is 1.05 bits per heavy atom. The maximum atomic E-state index is 13.8. The molecule has 38 heavy (non-hydrogen) atoms. The molecule has 0 bridgehead atoms. The maximum Gasteiger partial charge on any atom is 0.254 e. The van der Waals surface area contributed by atoms with Crippen molar-refractivity contribution >= 4 is 28.5 Å². The number of likely N-dealkylation sites (tertiary alicyclic amines) is 1. The largest absolute Gasteiger partial charge is 0.391 e. The van der Waals surface area contributed by atoms with Crippen LogP contribution in [0.2, 0.25) is 0 Å². The number of carbonyl (C=O) groups is 2. The molecule has 0 spiro atoms. The number of anilines is 1. The summed E-state index contributed by atoms with van der Waals surface area (Å²) in [5, 5.41) is 11.4. The van der Waals surface area contributed by atoms with Gasteiger partial charge in [0.05, 0.1) is 11.6 Å². The molecule has 2 fully saturated rings. The van der Waals surface area contributed by atoms with E-state index in [-0.39, 0.29) is 17.9 Å². The Labute approximate surface area is 225 Å². The number of hydrogen-bond donors (Lipinski definition) is 1. The summed E-state index contributed by atoms with van der Waals surface area (Å²) in [6, 6.07) is 16.1. The lowest BCUT2D eigenvalue weighted by atomic mass is 10.0. The zero-order chi connectivity index (χ0) is 26.6. The minimum absolute atomic E-state index is 0.0219. The van der Waals surface area contributed by atoms with Crippen molar-refractivity contribution in [3.63, 3.8) is 0 Å². The monoisotopic (exact) mass is 514 g/mol. The number of aliphatic hydroxyl groups excluding tert-OH is 1. The predicted molar refractivity (Wildman–Crippen MR) is 150 cm³/mol.